The van der Waals surface area contributed by atoms with Crippen LogP contribution in [0.15, 0.2) is 59.5 Å². The van der Waals surface area contributed by atoms with Gasteiger partial charge in [0.15, 0.2) is 0 Å². The Labute approximate surface area is 189 Å². The van der Waals surface area contributed by atoms with Gasteiger partial charge in [0.1, 0.15) is 5.82 Å². The molecular formula is C24H30FN3O3S. The zero-order chi connectivity index (χ0) is 22.6. The number of halogens is 1. The quantitative estimate of drug-likeness (QED) is 0.666. The molecule has 4 rings (SSSR count). The number of hydrogen-bond acceptors (Lipinski definition) is 4. The van der Waals surface area contributed by atoms with Crippen LogP contribution in [-0.4, -0.2) is 74.2 Å². The maximum absolute atomic E-state index is 13.1. The average molecular weight is 460 g/mol. The highest BCUT2D eigenvalue weighted by Gasteiger charge is 2.31. The molecule has 2 heterocycles. The van der Waals surface area contributed by atoms with E-state index in [-0.39, 0.29) is 23.9 Å². The monoisotopic (exact) mass is 459 g/mol. The van der Waals surface area contributed by atoms with Crippen LogP contribution in [0, 0.1) is 11.7 Å². The van der Waals surface area contributed by atoms with E-state index in [9.17, 15) is 17.6 Å². The summed E-state index contributed by atoms with van der Waals surface area (Å²) in [4.78, 5) is 16.8. The number of piperazine rings is 1. The van der Waals surface area contributed by atoms with Crippen LogP contribution in [0.4, 0.5) is 4.39 Å². The standard InChI is InChI=1S/C24H30FN3O3S/c25-22-6-8-23(9-7-22)32(30,31)28-16-14-27(15-17-28)24(29)19-26-12-10-21(11-13-26)18-20-4-2-1-3-5-20/h1-9,21H,10-19H2. The largest absolute Gasteiger partial charge is 0.339 e. The SMILES string of the molecule is O=C(CN1CCC(Cc2ccccc2)CC1)N1CCN(S(=O)(=O)c2ccc(F)cc2)CC1. The van der Waals surface area contributed by atoms with E-state index >= 15 is 0 Å². The van der Waals surface area contributed by atoms with Crippen LogP contribution in [0.3, 0.4) is 0 Å². The molecular weight excluding hydrogens is 429 g/mol. The molecule has 1 amide bonds. The normalized spacial score (nSPS) is 19.2. The fourth-order valence-electron chi connectivity index (χ4n) is 4.52. The summed E-state index contributed by atoms with van der Waals surface area (Å²) >= 11 is 0. The first kappa shape index (κ1) is 22.9. The molecule has 0 aliphatic carbocycles. The summed E-state index contributed by atoms with van der Waals surface area (Å²) in [7, 11) is -3.67. The van der Waals surface area contributed by atoms with Crippen LogP contribution < -0.4 is 0 Å². The van der Waals surface area contributed by atoms with Crippen molar-refractivity contribution in [2.75, 3.05) is 45.8 Å². The Balaban J connectivity index is 1.22. The maximum atomic E-state index is 13.1. The number of carbonyl (C=O) groups is 1. The van der Waals surface area contributed by atoms with Gasteiger partial charge in [-0.25, -0.2) is 12.8 Å². The predicted octanol–water partition coefficient (Wildman–Crippen LogP) is 2.61. The lowest BCUT2D eigenvalue weighted by atomic mass is 9.90. The predicted molar refractivity (Wildman–Crippen MR) is 121 cm³/mol. The highest BCUT2D eigenvalue weighted by atomic mass is 32.2. The van der Waals surface area contributed by atoms with Crippen LogP contribution in [0.25, 0.3) is 0 Å². The zero-order valence-corrected chi connectivity index (χ0v) is 19.0. The van der Waals surface area contributed by atoms with Crippen LogP contribution >= 0.6 is 0 Å². The lowest BCUT2D eigenvalue weighted by Crippen LogP contribution is -2.53. The van der Waals surface area contributed by atoms with E-state index in [0.717, 1.165) is 44.5 Å². The second kappa shape index (κ2) is 10.1. The fraction of sp³-hybridized carbons (Fsp3) is 0.458. The Morgan fingerprint density at radius 3 is 2.12 bits per heavy atom. The van der Waals surface area contributed by atoms with Gasteiger partial charge in [-0.05, 0) is 68.1 Å². The van der Waals surface area contributed by atoms with E-state index in [1.165, 1.54) is 22.0 Å². The molecule has 0 radical (unpaired) electrons. The number of benzene rings is 2. The van der Waals surface area contributed by atoms with Gasteiger partial charge in [-0.3, -0.25) is 9.69 Å². The minimum Gasteiger partial charge on any atom is -0.339 e. The van der Waals surface area contributed by atoms with E-state index in [4.69, 9.17) is 0 Å². The third-order valence-corrected chi connectivity index (χ3v) is 8.39. The van der Waals surface area contributed by atoms with Crippen molar-refractivity contribution in [3.05, 3.63) is 66.0 Å². The van der Waals surface area contributed by atoms with Gasteiger partial charge in [-0.15, -0.1) is 0 Å². The van der Waals surface area contributed by atoms with Gasteiger partial charge in [0, 0.05) is 26.2 Å². The number of sulfonamides is 1. The molecule has 32 heavy (non-hydrogen) atoms. The molecule has 0 bridgehead atoms. The molecule has 2 aromatic carbocycles. The van der Waals surface area contributed by atoms with Crippen molar-refractivity contribution in [3.63, 3.8) is 0 Å². The summed E-state index contributed by atoms with van der Waals surface area (Å²) in [5.74, 6) is 0.248. The van der Waals surface area contributed by atoms with Gasteiger partial charge in [0.2, 0.25) is 15.9 Å². The molecule has 2 aromatic rings. The highest BCUT2D eigenvalue weighted by molar-refractivity contribution is 7.89. The summed E-state index contributed by atoms with van der Waals surface area (Å²) in [6.45, 7) is 3.50. The van der Waals surface area contributed by atoms with Gasteiger partial charge >= 0.3 is 0 Å². The maximum Gasteiger partial charge on any atom is 0.243 e. The van der Waals surface area contributed by atoms with E-state index in [2.05, 4.69) is 29.2 Å². The second-order valence-electron chi connectivity index (χ2n) is 8.65. The molecule has 0 aromatic heterocycles. The summed E-state index contributed by atoms with van der Waals surface area (Å²) < 4.78 is 40.0. The number of carbonyl (C=O) groups excluding carboxylic acids is 1. The van der Waals surface area contributed by atoms with Crippen LogP contribution in [0.1, 0.15) is 18.4 Å². The molecule has 0 unspecified atom stereocenters. The third kappa shape index (κ3) is 5.54. The van der Waals surface area contributed by atoms with Crippen LogP contribution in [0.2, 0.25) is 0 Å². The first-order valence-corrected chi connectivity index (χ1v) is 12.7. The summed E-state index contributed by atoms with van der Waals surface area (Å²) in [6, 6.07) is 15.4. The molecule has 8 heteroatoms. The number of nitrogens with zero attached hydrogens (tertiary/aromatic N) is 3. The first-order chi connectivity index (χ1) is 15.4. The summed E-state index contributed by atoms with van der Waals surface area (Å²) in [5, 5.41) is 0. The summed E-state index contributed by atoms with van der Waals surface area (Å²) in [5.41, 5.74) is 1.37. The second-order valence-corrected chi connectivity index (χ2v) is 10.6. The number of likely N-dealkylation sites (tertiary alicyclic amines) is 1. The molecule has 2 aliphatic heterocycles. The molecule has 0 spiro atoms. The average Bonchev–Trinajstić information content (AvgIpc) is 2.81. The zero-order valence-electron chi connectivity index (χ0n) is 18.2. The Bertz CT molecular complexity index is 999. The third-order valence-electron chi connectivity index (χ3n) is 6.48. The molecule has 6 nitrogen and oxygen atoms in total. The lowest BCUT2D eigenvalue weighted by molar-refractivity contribution is -0.134. The van der Waals surface area contributed by atoms with Crippen molar-refractivity contribution in [3.8, 4) is 0 Å². The van der Waals surface area contributed by atoms with E-state index in [1.54, 1.807) is 4.90 Å². The minimum absolute atomic E-state index is 0.0605. The van der Waals surface area contributed by atoms with Crippen LogP contribution in [0.5, 0.6) is 0 Å². The van der Waals surface area contributed by atoms with E-state index in [1.807, 2.05) is 6.07 Å². The lowest BCUT2D eigenvalue weighted by Gasteiger charge is -2.36. The topological polar surface area (TPSA) is 60.9 Å². The van der Waals surface area contributed by atoms with Crippen molar-refractivity contribution in [1.82, 2.24) is 14.1 Å². The van der Waals surface area contributed by atoms with Crippen LogP contribution in [-0.2, 0) is 21.2 Å². The molecule has 0 N–H and O–H groups in total. The minimum atomic E-state index is -3.67. The summed E-state index contributed by atoms with van der Waals surface area (Å²) in [6.07, 6.45) is 3.27. The Hall–Kier alpha value is -2.29. The highest BCUT2D eigenvalue weighted by Crippen LogP contribution is 2.22. The van der Waals surface area contributed by atoms with E-state index in [0.29, 0.717) is 25.6 Å². The van der Waals surface area contributed by atoms with Crippen molar-refractivity contribution < 1.29 is 17.6 Å². The first-order valence-electron chi connectivity index (χ1n) is 11.2. The molecule has 0 saturated carbocycles. The molecule has 2 aliphatic rings. The Kier molecular flexibility index (Phi) is 7.23. The van der Waals surface area contributed by atoms with Gasteiger partial charge < -0.3 is 4.90 Å². The van der Waals surface area contributed by atoms with E-state index < -0.39 is 15.8 Å². The smallest absolute Gasteiger partial charge is 0.243 e. The number of rotatable bonds is 6. The van der Waals surface area contributed by atoms with Crippen molar-refractivity contribution in [1.29, 1.82) is 0 Å². The van der Waals surface area contributed by atoms with Crippen molar-refractivity contribution >= 4 is 15.9 Å². The number of hydrogen-bond donors (Lipinski definition) is 0. The molecule has 2 fully saturated rings. The van der Waals surface area contributed by atoms with Gasteiger partial charge in [0.05, 0.1) is 11.4 Å². The number of piperidine rings is 1. The Morgan fingerprint density at radius 2 is 1.50 bits per heavy atom. The van der Waals surface area contributed by atoms with Gasteiger partial charge in [-0.1, -0.05) is 30.3 Å². The van der Waals surface area contributed by atoms with Gasteiger partial charge in [-0.2, -0.15) is 4.31 Å². The number of amides is 1. The fourth-order valence-corrected chi connectivity index (χ4v) is 5.94. The van der Waals surface area contributed by atoms with Crippen molar-refractivity contribution in [2.45, 2.75) is 24.2 Å². The van der Waals surface area contributed by atoms with Gasteiger partial charge in [0.25, 0.3) is 0 Å². The molecule has 0 atom stereocenters. The Morgan fingerprint density at radius 1 is 0.875 bits per heavy atom. The molecule has 2 saturated heterocycles. The van der Waals surface area contributed by atoms with Crippen molar-refractivity contribution in [2.24, 2.45) is 5.92 Å². The molecule has 172 valence electrons.